The minimum Gasteiger partial charge on any atom is -0.414 e. The summed E-state index contributed by atoms with van der Waals surface area (Å²) in [5.74, 6) is 0.0733. The molecule has 2 nitrogen and oxygen atoms in total. The van der Waals surface area contributed by atoms with Crippen molar-refractivity contribution in [2.45, 2.75) is 26.6 Å². The summed E-state index contributed by atoms with van der Waals surface area (Å²) in [4.78, 5) is 10.4. The van der Waals surface area contributed by atoms with E-state index in [1.807, 2.05) is 0 Å². The third-order valence-corrected chi connectivity index (χ3v) is 2.00. The van der Waals surface area contributed by atoms with Crippen LogP contribution < -0.4 is 0 Å². The van der Waals surface area contributed by atoms with E-state index in [0.717, 1.165) is 0 Å². The zero-order valence-corrected chi connectivity index (χ0v) is 8.68. The van der Waals surface area contributed by atoms with E-state index >= 15 is 0 Å². The minimum atomic E-state index is -1.39. The van der Waals surface area contributed by atoms with Crippen LogP contribution in [0.15, 0.2) is 12.2 Å². The molecule has 0 fully saturated rings. The third kappa shape index (κ3) is 9.59. The Hall–Kier alpha value is -0.413. The molecule has 0 aliphatic heterocycles. The molecule has 0 N–H and O–H groups in total. The van der Waals surface area contributed by atoms with Crippen LogP contribution >= 0.6 is 0 Å². The van der Waals surface area contributed by atoms with Crippen molar-refractivity contribution in [1.29, 1.82) is 0 Å². The summed E-state index contributed by atoms with van der Waals surface area (Å²) in [7, 11) is -1.39. The average molecular weight is 172 g/mol. The zero-order valence-electron chi connectivity index (χ0n) is 7.68. The summed E-state index contributed by atoms with van der Waals surface area (Å²) in [6.07, 6.45) is 3.31. The Kier molecular flexibility index (Phi) is 4.29. The molecular weight excluding hydrogens is 156 g/mol. The molecule has 0 unspecified atom stereocenters. The van der Waals surface area contributed by atoms with Crippen molar-refractivity contribution < 1.29 is 9.22 Å². The molecule has 64 valence electrons. The maximum Gasteiger partial charge on any atom is 0.184 e. The quantitative estimate of drug-likeness (QED) is 0.479. The van der Waals surface area contributed by atoms with Gasteiger partial charge in [0.25, 0.3) is 0 Å². The van der Waals surface area contributed by atoms with E-state index in [2.05, 4.69) is 19.6 Å². The van der Waals surface area contributed by atoms with Crippen molar-refractivity contribution in [2.75, 3.05) is 6.61 Å². The molecule has 3 heteroatoms. The maximum atomic E-state index is 10.4. The van der Waals surface area contributed by atoms with Crippen LogP contribution in [0.4, 0.5) is 0 Å². The van der Waals surface area contributed by atoms with E-state index in [1.165, 1.54) is 6.92 Å². The van der Waals surface area contributed by atoms with Crippen molar-refractivity contribution in [3.63, 3.8) is 0 Å². The fraction of sp³-hybridized carbons (Fsp3) is 0.625. The number of allylic oxidation sites excluding steroid dienone is 1. The average Bonchev–Trinajstić information content (AvgIpc) is 1.78. The van der Waals surface area contributed by atoms with Crippen LogP contribution in [0.25, 0.3) is 0 Å². The molecule has 0 aromatic rings. The molecule has 0 heterocycles. The van der Waals surface area contributed by atoms with Crippen LogP contribution in [0.1, 0.15) is 6.92 Å². The lowest BCUT2D eigenvalue weighted by Crippen LogP contribution is -2.25. The van der Waals surface area contributed by atoms with E-state index in [1.54, 1.807) is 12.2 Å². The summed E-state index contributed by atoms with van der Waals surface area (Å²) in [5, 5.41) is 0. The van der Waals surface area contributed by atoms with E-state index < -0.39 is 8.32 Å². The van der Waals surface area contributed by atoms with Gasteiger partial charge in [-0.2, -0.15) is 0 Å². The first-order valence-electron chi connectivity index (χ1n) is 3.73. The second kappa shape index (κ2) is 4.46. The third-order valence-electron chi connectivity index (χ3n) is 0.965. The molecule has 0 aromatic heterocycles. The lowest BCUT2D eigenvalue weighted by Gasteiger charge is -2.14. The lowest BCUT2D eigenvalue weighted by molar-refractivity contribution is -0.112. The van der Waals surface area contributed by atoms with Gasteiger partial charge in [-0.05, 0) is 32.6 Å². The van der Waals surface area contributed by atoms with Gasteiger partial charge in [0.05, 0.1) is 6.61 Å². The summed E-state index contributed by atoms with van der Waals surface area (Å²) >= 11 is 0. The van der Waals surface area contributed by atoms with E-state index in [-0.39, 0.29) is 5.78 Å². The van der Waals surface area contributed by atoms with Crippen LogP contribution in [0.2, 0.25) is 19.6 Å². The Balaban J connectivity index is 3.50. The van der Waals surface area contributed by atoms with Crippen LogP contribution in [0, 0.1) is 0 Å². The van der Waals surface area contributed by atoms with Crippen molar-refractivity contribution in [2.24, 2.45) is 0 Å². The smallest absolute Gasteiger partial charge is 0.184 e. The monoisotopic (exact) mass is 172 g/mol. The number of rotatable bonds is 4. The van der Waals surface area contributed by atoms with Gasteiger partial charge in [-0.3, -0.25) is 4.79 Å². The lowest BCUT2D eigenvalue weighted by atomic mass is 10.4. The minimum absolute atomic E-state index is 0.0733. The summed E-state index contributed by atoms with van der Waals surface area (Å²) in [6.45, 7) is 8.46. The first-order chi connectivity index (χ1) is 4.92. The Morgan fingerprint density at radius 2 is 2.00 bits per heavy atom. The van der Waals surface area contributed by atoms with Crippen LogP contribution in [-0.4, -0.2) is 20.7 Å². The van der Waals surface area contributed by atoms with Gasteiger partial charge in [0.1, 0.15) is 0 Å². The van der Waals surface area contributed by atoms with Gasteiger partial charge in [-0.1, -0.05) is 6.08 Å². The Morgan fingerprint density at radius 1 is 1.45 bits per heavy atom. The highest BCUT2D eigenvalue weighted by Crippen LogP contribution is 2.01. The first kappa shape index (κ1) is 10.6. The summed E-state index contributed by atoms with van der Waals surface area (Å²) in [6, 6.07) is 0. The highest BCUT2D eigenvalue weighted by atomic mass is 28.4. The van der Waals surface area contributed by atoms with Crippen LogP contribution in [0.3, 0.4) is 0 Å². The predicted molar refractivity (Wildman–Crippen MR) is 49.1 cm³/mol. The molecule has 0 spiro atoms. The maximum absolute atomic E-state index is 10.4. The molecule has 0 atom stereocenters. The van der Waals surface area contributed by atoms with E-state index in [4.69, 9.17) is 4.43 Å². The van der Waals surface area contributed by atoms with Gasteiger partial charge < -0.3 is 4.43 Å². The Bertz CT molecular complexity index is 156. The molecule has 0 aliphatic carbocycles. The number of carbonyl (C=O) groups is 1. The highest BCUT2D eigenvalue weighted by Gasteiger charge is 2.12. The van der Waals surface area contributed by atoms with Gasteiger partial charge in [-0.25, -0.2) is 0 Å². The van der Waals surface area contributed by atoms with Gasteiger partial charge >= 0.3 is 0 Å². The van der Waals surface area contributed by atoms with Crippen LogP contribution in [0.5, 0.6) is 0 Å². The molecule has 0 bridgehead atoms. The second-order valence-electron chi connectivity index (χ2n) is 3.44. The van der Waals surface area contributed by atoms with E-state index in [0.29, 0.717) is 6.61 Å². The molecule has 0 amide bonds. The summed E-state index contributed by atoms with van der Waals surface area (Å²) < 4.78 is 5.48. The molecule has 0 radical (unpaired) electrons. The number of hydrogen-bond acceptors (Lipinski definition) is 2. The van der Waals surface area contributed by atoms with Gasteiger partial charge in [0.2, 0.25) is 0 Å². The molecule has 11 heavy (non-hydrogen) atoms. The van der Waals surface area contributed by atoms with Gasteiger partial charge in [-0.15, -0.1) is 0 Å². The molecular formula is C8H16O2Si. The number of carbonyl (C=O) groups excluding carboxylic acids is 1. The standard InChI is InChI=1S/C8H16O2Si/c1-8(9)6-5-7-10-11(2,3)4/h5-6H,7H2,1-4H3. The largest absolute Gasteiger partial charge is 0.414 e. The highest BCUT2D eigenvalue weighted by molar-refractivity contribution is 6.69. The number of hydrogen-bond donors (Lipinski definition) is 0. The molecule has 0 aliphatic rings. The molecule has 0 saturated carbocycles. The first-order valence-corrected chi connectivity index (χ1v) is 7.14. The van der Waals surface area contributed by atoms with Gasteiger partial charge in [0, 0.05) is 0 Å². The summed E-state index contributed by atoms with van der Waals surface area (Å²) in [5.41, 5.74) is 0. The second-order valence-corrected chi connectivity index (χ2v) is 7.95. The predicted octanol–water partition coefficient (Wildman–Crippen LogP) is 1.98. The van der Waals surface area contributed by atoms with E-state index in [9.17, 15) is 4.79 Å². The fourth-order valence-electron chi connectivity index (χ4n) is 0.512. The topological polar surface area (TPSA) is 26.3 Å². The molecule has 0 aromatic carbocycles. The van der Waals surface area contributed by atoms with Crippen LogP contribution in [-0.2, 0) is 9.22 Å². The molecule has 0 saturated heterocycles. The van der Waals surface area contributed by atoms with Crippen molar-refractivity contribution in [1.82, 2.24) is 0 Å². The fourth-order valence-corrected chi connectivity index (χ4v) is 1.11. The van der Waals surface area contributed by atoms with Crippen molar-refractivity contribution in [3.8, 4) is 0 Å². The van der Waals surface area contributed by atoms with Crippen molar-refractivity contribution in [3.05, 3.63) is 12.2 Å². The van der Waals surface area contributed by atoms with Crippen molar-refractivity contribution >= 4 is 14.1 Å². The SMILES string of the molecule is CC(=O)C=CCO[Si](C)(C)C. The number of ketones is 1. The normalized spacial score (nSPS) is 12.4. The Morgan fingerprint density at radius 3 is 2.36 bits per heavy atom. The Labute approximate surface area is 69.4 Å². The van der Waals surface area contributed by atoms with Gasteiger partial charge in [0.15, 0.2) is 14.1 Å². The zero-order chi connectivity index (χ0) is 8.91. The molecule has 0 rings (SSSR count).